The number of likely N-dealkylation sites (tertiary alicyclic amines) is 1. The largest absolute Gasteiger partial charge is 0.338 e. The van der Waals surface area contributed by atoms with Crippen LogP contribution in [0.3, 0.4) is 0 Å². The molecule has 1 fully saturated rings. The van der Waals surface area contributed by atoms with Crippen LogP contribution in [0.5, 0.6) is 0 Å². The van der Waals surface area contributed by atoms with E-state index in [2.05, 4.69) is 15.2 Å². The van der Waals surface area contributed by atoms with Crippen molar-refractivity contribution in [1.82, 2.24) is 29.3 Å². The summed E-state index contributed by atoms with van der Waals surface area (Å²) in [6.45, 7) is 3.17. The van der Waals surface area contributed by atoms with E-state index >= 15 is 0 Å². The van der Waals surface area contributed by atoms with Crippen molar-refractivity contribution in [1.29, 1.82) is 0 Å². The maximum atomic E-state index is 12.7. The van der Waals surface area contributed by atoms with Crippen molar-refractivity contribution in [2.75, 3.05) is 13.1 Å². The SMILES string of the molecule is Cc1nn(C)cc1C(=O)N1CCC(c2cc(=O)n3[nH]ccc3n2)CC1. The van der Waals surface area contributed by atoms with Crippen LogP contribution in [0.25, 0.3) is 5.65 Å². The summed E-state index contributed by atoms with van der Waals surface area (Å²) in [6, 6.07) is 3.38. The molecule has 0 atom stereocenters. The van der Waals surface area contributed by atoms with Crippen LogP contribution in [0, 0.1) is 6.92 Å². The minimum absolute atomic E-state index is 0.0261. The molecule has 4 heterocycles. The van der Waals surface area contributed by atoms with Gasteiger partial charge in [0, 0.05) is 50.6 Å². The molecule has 0 bridgehead atoms. The predicted octanol–water partition coefficient (Wildman–Crippen LogP) is 1.08. The maximum Gasteiger partial charge on any atom is 0.272 e. The van der Waals surface area contributed by atoms with Crippen LogP contribution >= 0.6 is 0 Å². The lowest BCUT2D eigenvalue weighted by molar-refractivity contribution is 0.0711. The van der Waals surface area contributed by atoms with Crippen LogP contribution in [0.2, 0.25) is 0 Å². The van der Waals surface area contributed by atoms with Gasteiger partial charge in [0.15, 0.2) is 5.65 Å². The highest BCUT2D eigenvalue weighted by Gasteiger charge is 2.27. The van der Waals surface area contributed by atoms with E-state index in [1.165, 1.54) is 4.52 Å². The molecule has 8 nitrogen and oxygen atoms in total. The Morgan fingerprint density at radius 2 is 2.08 bits per heavy atom. The number of hydrogen-bond donors (Lipinski definition) is 1. The van der Waals surface area contributed by atoms with E-state index in [-0.39, 0.29) is 17.4 Å². The van der Waals surface area contributed by atoms with Gasteiger partial charge in [-0.3, -0.25) is 19.4 Å². The van der Waals surface area contributed by atoms with Gasteiger partial charge in [0.1, 0.15) is 0 Å². The van der Waals surface area contributed by atoms with Gasteiger partial charge in [-0.1, -0.05) is 0 Å². The lowest BCUT2D eigenvalue weighted by Gasteiger charge is -2.31. The lowest BCUT2D eigenvalue weighted by atomic mass is 9.93. The number of carbonyl (C=O) groups excluding carboxylic acids is 1. The number of nitrogens with one attached hydrogen (secondary N) is 1. The van der Waals surface area contributed by atoms with Crippen molar-refractivity contribution >= 4 is 11.6 Å². The Bertz CT molecular complexity index is 990. The Morgan fingerprint density at radius 1 is 1.32 bits per heavy atom. The lowest BCUT2D eigenvalue weighted by Crippen LogP contribution is -2.38. The Morgan fingerprint density at radius 3 is 2.76 bits per heavy atom. The highest BCUT2D eigenvalue weighted by molar-refractivity contribution is 5.95. The Kier molecular flexibility index (Phi) is 3.67. The fourth-order valence-corrected chi connectivity index (χ4v) is 3.51. The molecule has 3 aromatic rings. The number of amides is 1. The number of aromatic amines is 1. The zero-order valence-electron chi connectivity index (χ0n) is 14.3. The Labute approximate surface area is 144 Å². The molecule has 0 saturated carbocycles. The third-order valence-corrected chi connectivity index (χ3v) is 4.84. The van der Waals surface area contributed by atoms with Crippen LogP contribution in [0.4, 0.5) is 0 Å². The first-order chi connectivity index (χ1) is 12.0. The van der Waals surface area contributed by atoms with E-state index in [1.54, 1.807) is 29.2 Å². The summed E-state index contributed by atoms with van der Waals surface area (Å²) in [5.74, 6) is 0.227. The van der Waals surface area contributed by atoms with E-state index in [4.69, 9.17) is 0 Å². The topological polar surface area (TPSA) is 88.3 Å². The fraction of sp³-hybridized carbons (Fsp3) is 0.412. The van der Waals surface area contributed by atoms with E-state index in [9.17, 15) is 9.59 Å². The summed E-state index contributed by atoms with van der Waals surface area (Å²) in [6.07, 6.45) is 5.08. The number of fused-ring (bicyclic) bond motifs is 1. The predicted molar refractivity (Wildman–Crippen MR) is 91.6 cm³/mol. The quantitative estimate of drug-likeness (QED) is 0.756. The second-order valence-corrected chi connectivity index (χ2v) is 6.54. The third kappa shape index (κ3) is 2.73. The second kappa shape index (κ2) is 5.87. The number of aryl methyl sites for hydroxylation is 2. The van der Waals surface area contributed by atoms with Crippen molar-refractivity contribution in [3.8, 4) is 0 Å². The first-order valence-corrected chi connectivity index (χ1v) is 8.39. The van der Waals surface area contributed by atoms with Crippen molar-refractivity contribution in [2.45, 2.75) is 25.7 Å². The molecule has 3 aromatic heterocycles. The third-order valence-electron chi connectivity index (χ3n) is 4.84. The zero-order valence-corrected chi connectivity index (χ0v) is 14.3. The number of hydrogen-bond acceptors (Lipinski definition) is 4. The van der Waals surface area contributed by atoms with Crippen molar-refractivity contribution in [3.05, 3.63) is 51.8 Å². The molecule has 0 aliphatic carbocycles. The van der Waals surface area contributed by atoms with Crippen LogP contribution in [0.15, 0.2) is 29.3 Å². The molecule has 130 valence electrons. The van der Waals surface area contributed by atoms with E-state index < -0.39 is 0 Å². The van der Waals surface area contributed by atoms with Crippen LogP contribution in [-0.4, -0.2) is 48.3 Å². The molecule has 1 saturated heterocycles. The average Bonchev–Trinajstić information content (AvgIpc) is 3.20. The van der Waals surface area contributed by atoms with E-state index in [0.717, 1.165) is 24.2 Å². The summed E-state index contributed by atoms with van der Waals surface area (Å²) in [5, 5.41) is 7.09. The average molecular weight is 340 g/mol. The summed E-state index contributed by atoms with van der Waals surface area (Å²) in [7, 11) is 1.82. The zero-order chi connectivity index (χ0) is 17.6. The maximum absolute atomic E-state index is 12.7. The monoisotopic (exact) mass is 340 g/mol. The number of aromatic nitrogens is 5. The normalized spacial score (nSPS) is 15.8. The molecule has 1 amide bonds. The summed E-state index contributed by atoms with van der Waals surface area (Å²) in [5.41, 5.74) is 2.75. The number of nitrogens with zero attached hydrogens (tertiary/aromatic N) is 5. The van der Waals surface area contributed by atoms with Crippen LogP contribution < -0.4 is 5.56 Å². The molecule has 0 spiro atoms. The molecule has 25 heavy (non-hydrogen) atoms. The smallest absolute Gasteiger partial charge is 0.272 e. The summed E-state index contributed by atoms with van der Waals surface area (Å²) in [4.78, 5) is 31.2. The number of piperidine rings is 1. The Balaban J connectivity index is 1.50. The van der Waals surface area contributed by atoms with Gasteiger partial charge < -0.3 is 4.90 Å². The van der Waals surface area contributed by atoms with Gasteiger partial charge in [-0.05, 0) is 19.8 Å². The second-order valence-electron chi connectivity index (χ2n) is 6.54. The fourth-order valence-electron chi connectivity index (χ4n) is 3.51. The minimum Gasteiger partial charge on any atom is -0.338 e. The first-order valence-electron chi connectivity index (χ1n) is 8.39. The molecule has 1 aliphatic heterocycles. The molecular weight excluding hydrogens is 320 g/mol. The van der Waals surface area contributed by atoms with Gasteiger partial charge >= 0.3 is 0 Å². The van der Waals surface area contributed by atoms with E-state index in [0.29, 0.717) is 24.3 Å². The highest BCUT2D eigenvalue weighted by Crippen LogP contribution is 2.27. The van der Waals surface area contributed by atoms with Gasteiger partial charge in [0.2, 0.25) is 0 Å². The van der Waals surface area contributed by atoms with Gasteiger partial charge in [0.25, 0.3) is 11.5 Å². The van der Waals surface area contributed by atoms with Gasteiger partial charge in [-0.2, -0.15) is 5.10 Å². The summed E-state index contributed by atoms with van der Waals surface area (Å²) < 4.78 is 3.09. The molecular formula is C17H20N6O2. The van der Waals surface area contributed by atoms with Gasteiger partial charge in [-0.25, -0.2) is 9.50 Å². The highest BCUT2D eigenvalue weighted by atomic mass is 16.2. The molecule has 4 rings (SSSR count). The standard InChI is InChI=1S/C17H20N6O2/c1-11-13(10-21(2)20-11)17(25)22-7-4-12(5-8-22)14-9-16(24)23-15(19-14)3-6-18-23/h3,6,9-10,12,18H,4-5,7-8H2,1-2H3. The van der Waals surface area contributed by atoms with Crippen molar-refractivity contribution in [2.24, 2.45) is 7.05 Å². The molecule has 8 heteroatoms. The number of H-pyrrole nitrogens is 1. The van der Waals surface area contributed by atoms with Crippen molar-refractivity contribution < 1.29 is 4.79 Å². The number of rotatable bonds is 2. The molecule has 0 radical (unpaired) electrons. The summed E-state index contributed by atoms with van der Waals surface area (Å²) >= 11 is 0. The van der Waals surface area contributed by atoms with E-state index in [1.807, 2.05) is 18.9 Å². The molecule has 0 unspecified atom stereocenters. The van der Waals surface area contributed by atoms with Gasteiger partial charge in [0.05, 0.1) is 17.0 Å². The molecule has 1 N–H and O–H groups in total. The van der Waals surface area contributed by atoms with Crippen LogP contribution in [-0.2, 0) is 7.05 Å². The molecule has 0 aromatic carbocycles. The molecule has 1 aliphatic rings. The van der Waals surface area contributed by atoms with Crippen LogP contribution in [0.1, 0.15) is 40.5 Å². The minimum atomic E-state index is -0.102. The Hall–Kier alpha value is -2.90. The number of carbonyl (C=O) groups is 1. The van der Waals surface area contributed by atoms with Crippen molar-refractivity contribution in [3.63, 3.8) is 0 Å². The van der Waals surface area contributed by atoms with Gasteiger partial charge in [-0.15, -0.1) is 0 Å². The first kappa shape index (κ1) is 15.6.